The number of aromatic nitrogens is 2. The van der Waals surface area contributed by atoms with Gasteiger partial charge in [0.1, 0.15) is 0 Å². The number of esters is 1. The lowest BCUT2D eigenvalue weighted by molar-refractivity contribution is -0.134. The second-order valence-electron chi connectivity index (χ2n) is 7.56. The number of para-hydroxylation sites is 1. The van der Waals surface area contributed by atoms with E-state index in [2.05, 4.69) is 10.3 Å². The molecule has 0 spiro atoms. The van der Waals surface area contributed by atoms with E-state index in [0.717, 1.165) is 31.0 Å². The molecule has 0 bridgehead atoms. The normalized spacial score (nSPS) is 13.0. The van der Waals surface area contributed by atoms with E-state index in [1.165, 1.54) is 11.8 Å². The summed E-state index contributed by atoms with van der Waals surface area (Å²) in [6.07, 6.45) is 6.63. The summed E-state index contributed by atoms with van der Waals surface area (Å²) in [4.78, 5) is 43.4. The van der Waals surface area contributed by atoms with Gasteiger partial charge in [0, 0.05) is 32.5 Å². The molecule has 31 heavy (non-hydrogen) atoms. The van der Waals surface area contributed by atoms with Crippen LogP contribution in [0.4, 0.5) is 5.69 Å². The number of benzene rings is 1. The molecule has 166 valence electrons. The molecule has 0 atom stereocenters. The zero-order valence-electron chi connectivity index (χ0n) is 17.9. The standard InChI is InChI=1S/C22H28N4O4S/c1-3-11-26(13-16-8-9-16)20(28)14-30-21(29)17-6-4-5-7-18(17)24-19(27)15-31-22-23-10-12-25(22)2/h4-7,10,12,16H,3,8-9,11,13-15H2,1-2H3,(H,24,27). The molecule has 1 aliphatic carbocycles. The van der Waals surface area contributed by atoms with E-state index < -0.39 is 5.97 Å². The minimum Gasteiger partial charge on any atom is -0.452 e. The van der Waals surface area contributed by atoms with Crippen molar-refractivity contribution in [1.29, 1.82) is 0 Å². The number of thioether (sulfide) groups is 1. The summed E-state index contributed by atoms with van der Waals surface area (Å²) in [7, 11) is 1.85. The molecule has 1 aliphatic rings. The highest BCUT2D eigenvalue weighted by atomic mass is 32.2. The zero-order chi connectivity index (χ0) is 22.2. The zero-order valence-corrected chi connectivity index (χ0v) is 18.7. The van der Waals surface area contributed by atoms with Crippen LogP contribution in [0.15, 0.2) is 41.8 Å². The van der Waals surface area contributed by atoms with Gasteiger partial charge in [-0.25, -0.2) is 9.78 Å². The van der Waals surface area contributed by atoms with Crippen LogP contribution < -0.4 is 5.32 Å². The molecule has 1 N–H and O–H groups in total. The Balaban J connectivity index is 1.54. The van der Waals surface area contributed by atoms with E-state index in [1.807, 2.05) is 18.5 Å². The van der Waals surface area contributed by atoms with E-state index in [-0.39, 0.29) is 29.7 Å². The number of aryl methyl sites for hydroxylation is 1. The van der Waals surface area contributed by atoms with Gasteiger partial charge in [0.05, 0.1) is 17.0 Å². The number of carbonyl (C=O) groups excluding carboxylic acids is 3. The van der Waals surface area contributed by atoms with Gasteiger partial charge < -0.3 is 19.5 Å². The molecule has 3 rings (SSSR count). The van der Waals surface area contributed by atoms with Gasteiger partial charge in [-0.3, -0.25) is 9.59 Å². The molecular formula is C22H28N4O4S. The first-order chi connectivity index (χ1) is 15.0. The maximum absolute atomic E-state index is 12.6. The quantitative estimate of drug-likeness (QED) is 0.423. The Morgan fingerprint density at radius 1 is 1.29 bits per heavy atom. The number of rotatable bonds is 11. The minimum absolute atomic E-state index is 0.153. The number of carbonyl (C=O) groups is 3. The van der Waals surface area contributed by atoms with E-state index >= 15 is 0 Å². The topological polar surface area (TPSA) is 93.5 Å². The Kier molecular flexibility index (Phi) is 8.11. The predicted octanol–water partition coefficient (Wildman–Crippen LogP) is 2.96. The van der Waals surface area contributed by atoms with Crippen molar-refractivity contribution in [2.45, 2.75) is 31.3 Å². The third-order valence-electron chi connectivity index (χ3n) is 4.88. The molecule has 0 saturated heterocycles. The monoisotopic (exact) mass is 444 g/mol. The number of anilines is 1. The van der Waals surface area contributed by atoms with E-state index in [1.54, 1.807) is 41.6 Å². The molecule has 1 aromatic heterocycles. The predicted molar refractivity (Wildman–Crippen MR) is 119 cm³/mol. The second kappa shape index (κ2) is 11.0. The number of amides is 2. The summed E-state index contributed by atoms with van der Waals surface area (Å²) in [5.74, 6) is -0.354. The highest BCUT2D eigenvalue weighted by Crippen LogP contribution is 2.29. The summed E-state index contributed by atoms with van der Waals surface area (Å²) >= 11 is 1.30. The molecule has 2 aromatic rings. The maximum Gasteiger partial charge on any atom is 0.340 e. The highest BCUT2D eigenvalue weighted by molar-refractivity contribution is 7.99. The first kappa shape index (κ1) is 22.9. The molecule has 2 amide bonds. The fourth-order valence-electron chi connectivity index (χ4n) is 3.07. The Morgan fingerprint density at radius 2 is 2.06 bits per heavy atom. The average molecular weight is 445 g/mol. The molecular weight excluding hydrogens is 416 g/mol. The lowest BCUT2D eigenvalue weighted by Crippen LogP contribution is -2.36. The Bertz CT molecular complexity index is 926. The second-order valence-corrected chi connectivity index (χ2v) is 8.50. The van der Waals surface area contributed by atoms with Crippen LogP contribution in [0.1, 0.15) is 36.5 Å². The van der Waals surface area contributed by atoms with Crippen molar-refractivity contribution in [3.63, 3.8) is 0 Å². The Hall–Kier alpha value is -2.81. The third-order valence-corrected chi connectivity index (χ3v) is 5.94. The van der Waals surface area contributed by atoms with Crippen molar-refractivity contribution in [3.05, 3.63) is 42.2 Å². The number of nitrogens with zero attached hydrogens (tertiary/aromatic N) is 3. The van der Waals surface area contributed by atoms with Gasteiger partial charge in [-0.2, -0.15) is 0 Å². The SMILES string of the molecule is CCCN(CC1CC1)C(=O)COC(=O)c1ccccc1NC(=O)CSc1nccn1C. The fourth-order valence-corrected chi connectivity index (χ4v) is 3.81. The summed E-state index contributed by atoms with van der Waals surface area (Å²) in [5.41, 5.74) is 0.573. The van der Waals surface area contributed by atoms with Crippen LogP contribution in [0, 0.1) is 5.92 Å². The first-order valence-corrected chi connectivity index (χ1v) is 11.4. The van der Waals surface area contributed by atoms with Gasteiger partial charge in [-0.05, 0) is 37.3 Å². The highest BCUT2D eigenvalue weighted by Gasteiger charge is 2.27. The molecule has 0 aliphatic heterocycles. The summed E-state index contributed by atoms with van der Waals surface area (Å²) in [6, 6.07) is 6.62. The van der Waals surface area contributed by atoms with E-state index in [4.69, 9.17) is 4.74 Å². The number of imidazole rings is 1. The van der Waals surface area contributed by atoms with E-state index in [9.17, 15) is 14.4 Å². The molecule has 0 radical (unpaired) electrons. The molecule has 0 unspecified atom stereocenters. The van der Waals surface area contributed by atoms with Crippen molar-refractivity contribution in [2.75, 3.05) is 30.8 Å². The van der Waals surface area contributed by atoms with Gasteiger partial charge in [0.2, 0.25) is 5.91 Å². The van der Waals surface area contributed by atoms with Crippen LogP contribution in [0.2, 0.25) is 0 Å². The van der Waals surface area contributed by atoms with Crippen LogP contribution >= 0.6 is 11.8 Å². The van der Waals surface area contributed by atoms with Crippen LogP contribution in [0.25, 0.3) is 0 Å². The summed E-state index contributed by atoms with van der Waals surface area (Å²) in [5, 5.41) is 3.47. The fraction of sp³-hybridized carbons (Fsp3) is 0.455. The minimum atomic E-state index is -0.635. The van der Waals surface area contributed by atoms with Crippen LogP contribution in [-0.2, 0) is 21.4 Å². The lowest BCUT2D eigenvalue weighted by atomic mass is 10.2. The van der Waals surface area contributed by atoms with Crippen molar-refractivity contribution >= 4 is 35.2 Å². The Morgan fingerprint density at radius 3 is 2.74 bits per heavy atom. The third kappa shape index (κ3) is 6.85. The van der Waals surface area contributed by atoms with Gasteiger partial charge in [0.25, 0.3) is 5.91 Å². The first-order valence-electron chi connectivity index (χ1n) is 10.4. The molecule has 9 heteroatoms. The maximum atomic E-state index is 12.6. The van der Waals surface area contributed by atoms with Gasteiger partial charge in [-0.1, -0.05) is 30.8 Å². The number of ether oxygens (including phenoxy) is 1. The average Bonchev–Trinajstić information content (AvgIpc) is 3.49. The number of hydrogen-bond donors (Lipinski definition) is 1. The number of nitrogens with one attached hydrogen (secondary N) is 1. The van der Waals surface area contributed by atoms with Crippen molar-refractivity contribution in [2.24, 2.45) is 13.0 Å². The molecule has 1 saturated carbocycles. The molecule has 1 heterocycles. The smallest absolute Gasteiger partial charge is 0.340 e. The number of hydrogen-bond acceptors (Lipinski definition) is 6. The van der Waals surface area contributed by atoms with Crippen molar-refractivity contribution in [3.8, 4) is 0 Å². The Labute approximate surface area is 186 Å². The lowest BCUT2D eigenvalue weighted by Gasteiger charge is -2.22. The van der Waals surface area contributed by atoms with E-state index in [0.29, 0.717) is 18.2 Å². The summed E-state index contributed by atoms with van der Waals surface area (Å²) < 4.78 is 7.10. The molecule has 1 aromatic carbocycles. The van der Waals surface area contributed by atoms with Crippen molar-refractivity contribution in [1.82, 2.24) is 14.5 Å². The van der Waals surface area contributed by atoms with Crippen molar-refractivity contribution < 1.29 is 19.1 Å². The molecule has 8 nitrogen and oxygen atoms in total. The van der Waals surface area contributed by atoms with Crippen LogP contribution in [0.3, 0.4) is 0 Å². The summed E-state index contributed by atoms with van der Waals surface area (Å²) in [6.45, 7) is 3.10. The van der Waals surface area contributed by atoms with Gasteiger partial charge >= 0.3 is 5.97 Å². The van der Waals surface area contributed by atoms with Crippen LogP contribution in [0.5, 0.6) is 0 Å². The van der Waals surface area contributed by atoms with Gasteiger partial charge in [0.15, 0.2) is 11.8 Å². The van der Waals surface area contributed by atoms with Gasteiger partial charge in [-0.15, -0.1) is 0 Å². The van der Waals surface area contributed by atoms with Crippen LogP contribution in [-0.4, -0.2) is 57.7 Å². The molecule has 1 fully saturated rings. The largest absolute Gasteiger partial charge is 0.452 e.